The van der Waals surface area contributed by atoms with Crippen LogP contribution in [0, 0.1) is 0 Å². The van der Waals surface area contributed by atoms with Crippen molar-refractivity contribution in [2.75, 3.05) is 6.54 Å². The molecule has 32 heavy (non-hydrogen) atoms. The number of nitrogens with one attached hydrogen (secondary N) is 1. The Hall–Kier alpha value is -3.57. The lowest BCUT2D eigenvalue weighted by molar-refractivity contribution is -0.121. The molecule has 0 bridgehead atoms. The van der Waals surface area contributed by atoms with Gasteiger partial charge in [0.2, 0.25) is 5.91 Å². The van der Waals surface area contributed by atoms with Gasteiger partial charge in [0.25, 0.3) is 5.56 Å². The van der Waals surface area contributed by atoms with E-state index in [1.807, 2.05) is 29.0 Å². The molecule has 0 saturated carbocycles. The van der Waals surface area contributed by atoms with Crippen LogP contribution >= 0.6 is 22.7 Å². The summed E-state index contributed by atoms with van der Waals surface area (Å²) in [6, 6.07) is 9.25. The van der Waals surface area contributed by atoms with Crippen LogP contribution in [0.15, 0.2) is 63.2 Å². The van der Waals surface area contributed by atoms with E-state index in [1.165, 1.54) is 31.3 Å². The summed E-state index contributed by atoms with van der Waals surface area (Å²) in [5.74, 6) is -0.288. The number of amides is 1. The van der Waals surface area contributed by atoms with Crippen LogP contribution in [0.2, 0.25) is 0 Å². The van der Waals surface area contributed by atoms with Gasteiger partial charge < -0.3 is 5.32 Å². The van der Waals surface area contributed by atoms with Crippen LogP contribution in [0.25, 0.3) is 26.3 Å². The van der Waals surface area contributed by atoms with Gasteiger partial charge >= 0.3 is 5.69 Å². The van der Waals surface area contributed by atoms with Crippen molar-refractivity contribution in [1.82, 2.24) is 29.0 Å². The number of hydrogen-bond acceptors (Lipinski definition) is 7. The zero-order chi connectivity index (χ0) is 22.1. The summed E-state index contributed by atoms with van der Waals surface area (Å²) in [6.07, 6.45) is 3.62. The molecule has 0 radical (unpaired) electrons. The van der Waals surface area contributed by atoms with Crippen LogP contribution in [-0.2, 0) is 17.9 Å². The zero-order valence-corrected chi connectivity index (χ0v) is 18.4. The van der Waals surface area contributed by atoms with Gasteiger partial charge in [-0.05, 0) is 30.0 Å². The number of rotatable bonds is 7. The monoisotopic (exact) mass is 466 g/mol. The minimum Gasteiger partial charge on any atom is -0.354 e. The van der Waals surface area contributed by atoms with E-state index in [9.17, 15) is 14.4 Å². The Morgan fingerprint density at radius 2 is 2.03 bits per heavy atom. The Labute approximate surface area is 189 Å². The number of fused-ring (bicyclic) bond motifs is 2. The topological polar surface area (TPSA) is 103 Å². The van der Waals surface area contributed by atoms with Crippen molar-refractivity contribution < 1.29 is 4.79 Å². The Kier molecular flexibility index (Phi) is 5.41. The van der Waals surface area contributed by atoms with Crippen LogP contribution < -0.4 is 16.6 Å². The van der Waals surface area contributed by atoms with Crippen molar-refractivity contribution in [3.8, 4) is 10.4 Å². The van der Waals surface area contributed by atoms with Crippen molar-refractivity contribution in [2.45, 2.75) is 19.5 Å². The highest BCUT2D eigenvalue weighted by Gasteiger charge is 2.15. The molecule has 5 aromatic rings. The lowest BCUT2D eigenvalue weighted by Gasteiger charge is -2.07. The van der Waals surface area contributed by atoms with Gasteiger partial charge in [0, 0.05) is 35.1 Å². The summed E-state index contributed by atoms with van der Waals surface area (Å²) in [6.45, 7) is 0.631. The molecule has 0 aliphatic rings. The van der Waals surface area contributed by atoms with E-state index in [0.29, 0.717) is 35.4 Å². The Balaban J connectivity index is 1.23. The van der Waals surface area contributed by atoms with E-state index in [0.717, 1.165) is 10.4 Å². The number of thiophene rings is 2. The number of carbonyl (C=O) groups is 1. The Morgan fingerprint density at radius 1 is 1.12 bits per heavy atom. The molecular weight excluding hydrogens is 448 g/mol. The Morgan fingerprint density at radius 3 is 2.84 bits per heavy atom. The molecule has 5 aromatic heterocycles. The maximum absolute atomic E-state index is 13.0. The van der Waals surface area contributed by atoms with Gasteiger partial charge in [-0.3, -0.25) is 18.6 Å². The largest absolute Gasteiger partial charge is 0.354 e. The quantitative estimate of drug-likeness (QED) is 0.371. The first-order valence-electron chi connectivity index (χ1n) is 9.93. The van der Waals surface area contributed by atoms with Gasteiger partial charge in [-0.1, -0.05) is 12.1 Å². The van der Waals surface area contributed by atoms with Gasteiger partial charge in [0.1, 0.15) is 11.4 Å². The maximum Gasteiger partial charge on any atom is 0.350 e. The first-order chi connectivity index (χ1) is 15.6. The third kappa shape index (κ3) is 3.76. The minimum atomic E-state index is -0.288. The third-order valence-electron chi connectivity index (χ3n) is 5.02. The summed E-state index contributed by atoms with van der Waals surface area (Å²) in [5, 5.41) is 11.5. The van der Waals surface area contributed by atoms with Crippen molar-refractivity contribution in [3.05, 3.63) is 74.5 Å². The lowest BCUT2D eigenvalue weighted by atomic mass is 10.2. The normalized spacial score (nSPS) is 11.4. The molecule has 5 rings (SSSR count). The van der Waals surface area contributed by atoms with Crippen LogP contribution in [0.1, 0.15) is 6.42 Å². The van der Waals surface area contributed by atoms with Crippen LogP contribution in [0.3, 0.4) is 0 Å². The number of hydrogen-bond donors (Lipinski definition) is 1. The van der Waals surface area contributed by atoms with Gasteiger partial charge in [0.05, 0.1) is 11.7 Å². The average Bonchev–Trinajstić information content (AvgIpc) is 3.53. The van der Waals surface area contributed by atoms with Crippen LogP contribution in [0.5, 0.6) is 0 Å². The molecule has 0 unspecified atom stereocenters. The first-order valence-corrected chi connectivity index (χ1v) is 11.7. The molecular formula is C21H18N6O3S2. The fourth-order valence-electron chi connectivity index (χ4n) is 3.47. The Bertz CT molecular complexity index is 1530. The number of nitrogens with zero attached hydrogens (tertiary/aromatic N) is 5. The van der Waals surface area contributed by atoms with E-state index in [2.05, 4.69) is 15.4 Å². The predicted molar refractivity (Wildman–Crippen MR) is 124 cm³/mol. The molecule has 0 saturated heterocycles. The van der Waals surface area contributed by atoms with Gasteiger partial charge in [-0.15, -0.1) is 27.8 Å². The average molecular weight is 467 g/mol. The number of carbonyl (C=O) groups excluding carboxylic acids is 1. The smallest absolute Gasteiger partial charge is 0.350 e. The van der Waals surface area contributed by atoms with Crippen LogP contribution in [-0.4, -0.2) is 36.2 Å². The van der Waals surface area contributed by atoms with Gasteiger partial charge in [-0.2, -0.15) is 0 Å². The highest BCUT2D eigenvalue weighted by atomic mass is 32.1. The highest BCUT2D eigenvalue weighted by molar-refractivity contribution is 7.18. The second-order valence-corrected chi connectivity index (χ2v) is 8.93. The molecule has 0 aliphatic heterocycles. The molecule has 0 atom stereocenters. The van der Waals surface area contributed by atoms with Crippen molar-refractivity contribution >= 4 is 44.4 Å². The summed E-state index contributed by atoms with van der Waals surface area (Å²) >= 11 is 2.98. The molecule has 162 valence electrons. The molecule has 11 heteroatoms. The molecule has 0 fully saturated rings. The maximum atomic E-state index is 13.0. The van der Waals surface area contributed by atoms with E-state index < -0.39 is 0 Å². The lowest BCUT2D eigenvalue weighted by Crippen LogP contribution is -2.33. The minimum absolute atomic E-state index is 0.115. The number of pyridine rings is 1. The summed E-state index contributed by atoms with van der Waals surface area (Å²) in [7, 11) is 0. The van der Waals surface area contributed by atoms with E-state index in [-0.39, 0.29) is 23.7 Å². The zero-order valence-electron chi connectivity index (χ0n) is 16.8. The van der Waals surface area contributed by atoms with Crippen molar-refractivity contribution in [1.29, 1.82) is 0 Å². The standard InChI is InChI=1S/C21H18N6O3S2/c28-17(22-7-4-9-27-21(30)26-8-2-1-6-16(26)24-27)11-25-13-23-19-18(20(25)29)14(12-32-19)15-5-3-10-31-15/h1-3,5-6,8,10,12-13H,4,7,9,11H2,(H,22,28). The first kappa shape index (κ1) is 20.3. The molecule has 5 heterocycles. The SMILES string of the molecule is O=C(Cn1cnc2scc(-c3cccs3)c2c1=O)NCCCn1nc2ccccn2c1=O. The second-order valence-electron chi connectivity index (χ2n) is 7.12. The number of aromatic nitrogens is 5. The predicted octanol–water partition coefficient (Wildman–Crippen LogP) is 2.20. The fraction of sp³-hybridized carbons (Fsp3) is 0.190. The van der Waals surface area contributed by atoms with E-state index in [1.54, 1.807) is 29.7 Å². The van der Waals surface area contributed by atoms with Crippen LogP contribution in [0.4, 0.5) is 0 Å². The number of aryl methyl sites for hydroxylation is 1. The van der Waals surface area contributed by atoms with Crippen molar-refractivity contribution in [2.24, 2.45) is 0 Å². The third-order valence-corrected chi connectivity index (χ3v) is 6.81. The molecule has 0 aliphatic carbocycles. The van der Waals surface area contributed by atoms with E-state index >= 15 is 0 Å². The highest BCUT2D eigenvalue weighted by Crippen LogP contribution is 2.33. The van der Waals surface area contributed by atoms with Gasteiger partial charge in [0.15, 0.2) is 5.65 Å². The van der Waals surface area contributed by atoms with Gasteiger partial charge in [-0.25, -0.2) is 14.5 Å². The molecule has 1 N–H and O–H groups in total. The summed E-state index contributed by atoms with van der Waals surface area (Å²) < 4.78 is 4.18. The second kappa shape index (κ2) is 8.52. The molecule has 0 aromatic carbocycles. The fourth-order valence-corrected chi connectivity index (χ4v) is 5.20. The summed E-state index contributed by atoms with van der Waals surface area (Å²) in [4.78, 5) is 43.6. The van der Waals surface area contributed by atoms with Crippen molar-refractivity contribution in [3.63, 3.8) is 0 Å². The molecule has 1 amide bonds. The van der Waals surface area contributed by atoms with E-state index in [4.69, 9.17) is 0 Å². The molecule has 0 spiro atoms. The molecule has 9 nitrogen and oxygen atoms in total. The summed E-state index contributed by atoms with van der Waals surface area (Å²) in [5.41, 5.74) is 0.991.